The van der Waals surface area contributed by atoms with Gasteiger partial charge in [0.05, 0.1) is 10.9 Å². The Morgan fingerprint density at radius 2 is 2.27 bits per heavy atom. The highest BCUT2D eigenvalue weighted by molar-refractivity contribution is 7.16. The van der Waals surface area contributed by atoms with Gasteiger partial charge in [-0.3, -0.25) is 0 Å². The maximum Gasteiger partial charge on any atom is 0.165 e. The summed E-state index contributed by atoms with van der Waals surface area (Å²) < 4.78 is 13.9. The SMILES string of the molecule is Fc1cccnc1NCc1ccc(Cl)s1. The zero-order chi connectivity index (χ0) is 10.7. The monoisotopic (exact) mass is 242 g/mol. The number of halogens is 2. The fourth-order valence-corrected chi connectivity index (χ4v) is 2.16. The van der Waals surface area contributed by atoms with Gasteiger partial charge in [-0.25, -0.2) is 9.37 Å². The number of nitrogens with zero attached hydrogens (tertiary/aromatic N) is 1. The van der Waals surface area contributed by atoms with E-state index >= 15 is 0 Å². The number of anilines is 1. The maximum absolute atomic E-state index is 13.1. The summed E-state index contributed by atoms with van der Waals surface area (Å²) in [7, 11) is 0. The van der Waals surface area contributed by atoms with Crippen molar-refractivity contribution in [2.45, 2.75) is 6.54 Å². The zero-order valence-corrected chi connectivity index (χ0v) is 9.28. The molecular weight excluding hydrogens is 235 g/mol. The minimum Gasteiger partial charge on any atom is -0.363 e. The van der Waals surface area contributed by atoms with Gasteiger partial charge < -0.3 is 5.32 Å². The molecule has 0 aliphatic heterocycles. The van der Waals surface area contributed by atoms with Crippen LogP contribution in [0.3, 0.4) is 0 Å². The van der Waals surface area contributed by atoms with Gasteiger partial charge in [-0.05, 0) is 24.3 Å². The highest BCUT2D eigenvalue weighted by Gasteiger charge is 2.02. The first-order chi connectivity index (χ1) is 7.25. The molecule has 1 N–H and O–H groups in total. The zero-order valence-electron chi connectivity index (χ0n) is 7.71. The summed E-state index contributed by atoms with van der Waals surface area (Å²) in [4.78, 5) is 4.93. The molecule has 0 saturated carbocycles. The largest absolute Gasteiger partial charge is 0.363 e. The third-order valence-corrected chi connectivity index (χ3v) is 3.05. The Kier molecular flexibility index (Phi) is 3.18. The van der Waals surface area contributed by atoms with Crippen molar-refractivity contribution in [1.82, 2.24) is 4.98 Å². The number of hydrogen-bond acceptors (Lipinski definition) is 3. The van der Waals surface area contributed by atoms with Crippen LogP contribution in [0.1, 0.15) is 4.88 Å². The second-order valence-electron chi connectivity index (χ2n) is 2.89. The van der Waals surface area contributed by atoms with Gasteiger partial charge >= 0.3 is 0 Å². The first-order valence-corrected chi connectivity index (χ1v) is 5.54. The molecule has 2 nitrogen and oxygen atoms in total. The predicted molar refractivity (Wildman–Crippen MR) is 60.9 cm³/mol. The van der Waals surface area contributed by atoms with Crippen molar-refractivity contribution in [3.8, 4) is 0 Å². The minimum atomic E-state index is -0.347. The summed E-state index contributed by atoms with van der Waals surface area (Å²) in [5, 5.41) is 2.91. The summed E-state index contributed by atoms with van der Waals surface area (Å²) in [6, 6.07) is 6.65. The van der Waals surface area contributed by atoms with E-state index in [4.69, 9.17) is 11.6 Å². The summed E-state index contributed by atoms with van der Waals surface area (Å²) in [5.74, 6) is -0.0813. The molecule has 15 heavy (non-hydrogen) atoms. The normalized spacial score (nSPS) is 10.3. The Bertz CT molecular complexity index is 458. The highest BCUT2D eigenvalue weighted by Crippen LogP contribution is 2.22. The lowest BCUT2D eigenvalue weighted by Gasteiger charge is -2.03. The molecule has 0 atom stereocenters. The molecule has 0 unspecified atom stereocenters. The quantitative estimate of drug-likeness (QED) is 0.891. The van der Waals surface area contributed by atoms with Gasteiger partial charge in [0.25, 0.3) is 0 Å². The fourth-order valence-electron chi connectivity index (χ4n) is 1.13. The van der Waals surface area contributed by atoms with Crippen LogP contribution in [0.5, 0.6) is 0 Å². The fraction of sp³-hybridized carbons (Fsp3) is 0.100. The summed E-state index contributed by atoms with van der Waals surface area (Å²) >= 11 is 7.24. The smallest absolute Gasteiger partial charge is 0.165 e. The predicted octanol–water partition coefficient (Wildman–Crippen LogP) is 3.55. The molecular formula is C10H8ClFN2S. The third kappa shape index (κ3) is 2.67. The number of pyridine rings is 1. The summed E-state index contributed by atoms with van der Waals surface area (Å²) in [6.07, 6.45) is 1.55. The van der Waals surface area contributed by atoms with Crippen LogP contribution in [0.25, 0.3) is 0 Å². The number of thiophene rings is 1. The van der Waals surface area contributed by atoms with Crippen LogP contribution < -0.4 is 5.32 Å². The highest BCUT2D eigenvalue weighted by atomic mass is 35.5. The Morgan fingerprint density at radius 1 is 1.40 bits per heavy atom. The van der Waals surface area contributed by atoms with Crippen LogP contribution in [-0.2, 0) is 6.54 Å². The Morgan fingerprint density at radius 3 is 2.93 bits per heavy atom. The average Bonchev–Trinajstić information content (AvgIpc) is 2.63. The lowest BCUT2D eigenvalue weighted by molar-refractivity contribution is 0.624. The molecule has 0 radical (unpaired) electrons. The van der Waals surface area contributed by atoms with E-state index in [0.717, 1.165) is 9.21 Å². The first-order valence-electron chi connectivity index (χ1n) is 4.34. The molecule has 2 heterocycles. The molecule has 78 valence electrons. The third-order valence-electron chi connectivity index (χ3n) is 1.82. The van der Waals surface area contributed by atoms with E-state index < -0.39 is 0 Å². The van der Waals surface area contributed by atoms with Crippen LogP contribution in [0.4, 0.5) is 10.2 Å². The van der Waals surface area contributed by atoms with Crippen LogP contribution in [0, 0.1) is 5.82 Å². The van der Waals surface area contributed by atoms with Crippen molar-refractivity contribution >= 4 is 28.8 Å². The van der Waals surface area contributed by atoms with E-state index in [0.29, 0.717) is 6.54 Å². The second kappa shape index (κ2) is 4.59. The van der Waals surface area contributed by atoms with E-state index in [2.05, 4.69) is 10.3 Å². The molecule has 0 aliphatic carbocycles. The van der Waals surface area contributed by atoms with Crippen LogP contribution >= 0.6 is 22.9 Å². The van der Waals surface area contributed by atoms with Crippen molar-refractivity contribution in [2.75, 3.05) is 5.32 Å². The molecule has 0 amide bonds. The molecule has 2 aromatic rings. The minimum absolute atomic E-state index is 0.266. The molecule has 5 heteroatoms. The van der Waals surface area contributed by atoms with Gasteiger partial charge in [-0.1, -0.05) is 11.6 Å². The van der Waals surface area contributed by atoms with E-state index in [9.17, 15) is 4.39 Å². The molecule has 0 bridgehead atoms. The molecule has 0 spiro atoms. The Hall–Kier alpha value is -1.13. The number of aromatic nitrogens is 1. The lowest BCUT2D eigenvalue weighted by Crippen LogP contribution is -2.01. The number of nitrogens with one attached hydrogen (secondary N) is 1. The van der Waals surface area contributed by atoms with Crippen LogP contribution in [0.2, 0.25) is 4.34 Å². The first kappa shape index (κ1) is 10.4. The van der Waals surface area contributed by atoms with E-state index in [1.165, 1.54) is 17.4 Å². The summed E-state index contributed by atoms with van der Waals surface area (Å²) in [5.41, 5.74) is 0. The molecule has 0 saturated heterocycles. The molecule has 2 aromatic heterocycles. The van der Waals surface area contributed by atoms with Crippen molar-refractivity contribution < 1.29 is 4.39 Å². The van der Waals surface area contributed by atoms with Crippen molar-refractivity contribution in [3.63, 3.8) is 0 Å². The second-order valence-corrected chi connectivity index (χ2v) is 4.69. The number of hydrogen-bond donors (Lipinski definition) is 1. The van der Waals surface area contributed by atoms with Crippen molar-refractivity contribution in [2.24, 2.45) is 0 Å². The Balaban J connectivity index is 2.02. The van der Waals surface area contributed by atoms with E-state index in [-0.39, 0.29) is 11.6 Å². The average molecular weight is 243 g/mol. The molecule has 0 aromatic carbocycles. The van der Waals surface area contributed by atoms with Gasteiger partial charge in [0.2, 0.25) is 0 Å². The summed E-state index contributed by atoms with van der Waals surface area (Å²) in [6.45, 7) is 0.533. The van der Waals surface area contributed by atoms with Gasteiger partial charge in [0, 0.05) is 11.1 Å². The van der Waals surface area contributed by atoms with E-state index in [1.54, 1.807) is 12.3 Å². The maximum atomic E-state index is 13.1. The van der Waals surface area contributed by atoms with Crippen molar-refractivity contribution in [3.05, 3.63) is 45.5 Å². The van der Waals surface area contributed by atoms with E-state index in [1.807, 2.05) is 12.1 Å². The van der Waals surface area contributed by atoms with Gasteiger partial charge in [-0.2, -0.15) is 0 Å². The molecule has 0 fully saturated rings. The van der Waals surface area contributed by atoms with Gasteiger partial charge in [-0.15, -0.1) is 11.3 Å². The van der Waals surface area contributed by atoms with Crippen LogP contribution in [0.15, 0.2) is 30.5 Å². The number of rotatable bonds is 3. The topological polar surface area (TPSA) is 24.9 Å². The van der Waals surface area contributed by atoms with Crippen molar-refractivity contribution in [1.29, 1.82) is 0 Å². The van der Waals surface area contributed by atoms with Gasteiger partial charge in [0.1, 0.15) is 0 Å². The van der Waals surface area contributed by atoms with Crippen LogP contribution in [-0.4, -0.2) is 4.98 Å². The molecule has 2 rings (SSSR count). The standard InChI is InChI=1S/C10H8ClFN2S/c11-9-4-3-7(15-9)6-14-10-8(12)2-1-5-13-10/h1-5H,6H2,(H,13,14). The van der Waals surface area contributed by atoms with Gasteiger partial charge in [0.15, 0.2) is 11.6 Å². The Labute approximate surface area is 95.7 Å². The molecule has 0 aliphatic rings. The lowest BCUT2D eigenvalue weighted by atomic mass is 10.4.